The number of amides is 2. The number of anilines is 2. The first-order chi connectivity index (χ1) is 11.6. The lowest BCUT2D eigenvalue weighted by Crippen LogP contribution is -2.36. The summed E-state index contributed by atoms with van der Waals surface area (Å²) >= 11 is 0. The third-order valence-corrected chi connectivity index (χ3v) is 3.26. The van der Waals surface area contributed by atoms with Gasteiger partial charge in [0, 0.05) is 11.4 Å². The number of carbonyl (C=O) groups excluding carboxylic acids is 2. The van der Waals surface area contributed by atoms with Crippen LogP contribution in [-0.4, -0.2) is 44.0 Å². The summed E-state index contributed by atoms with van der Waals surface area (Å²) in [6, 6.07) is 16.3. The molecular formula is C18H21N3O3. The van der Waals surface area contributed by atoms with Crippen molar-refractivity contribution >= 4 is 23.2 Å². The normalized spacial score (nSPS) is 10.3. The molecule has 0 saturated carbocycles. The first-order valence-corrected chi connectivity index (χ1v) is 7.54. The molecule has 0 fully saturated rings. The van der Waals surface area contributed by atoms with Crippen molar-refractivity contribution in [1.82, 2.24) is 4.90 Å². The lowest BCUT2D eigenvalue weighted by Gasteiger charge is -2.16. The molecule has 6 heteroatoms. The lowest BCUT2D eigenvalue weighted by atomic mass is 10.3. The van der Waals surface area contributed by atoms with Crippen molar-refractivity contribution in [3.63, 3.8) is 0 Å². The molecule has 0 saturated heterocycles. The molecule has 24 heavy (non-hydrogen) atoms. The third kappa shape index (κ3) is 5.73. The van der Waals surface area contributed by atoms with Gasteiger partial charge in [-0.25, -0.2) is 0 Å². The van der Waals surface area contributed by atoms with Crippen LogP contribution in [0.4, 0.5) is 11.4 Å². The fourth-order valence-electron chi connectivity index (χ4n) is 2.14. The Balaban J connectivity index is 1.77. The highest BCUT2D eigenvalue weighted by Gasteiger charge is 2.11. The van der Waals surface area contributed by atoms with Crippen LogP contribution in [0.1, 0.15) is 0 Å². The van der Waals surface area contributed by atoms with Crippen molar-refractivity contribution in [2.24, 2.45) is 0 Å². The quantitative estimate of drug-likeness (QED) is 0.818. The lowest BCUT2D eigenvalue weighted by molar-refractivity contribution is -0.119. The molecule has 0 aromatic heterocycles. The fraction of sp³-hybridized carbons (Fsp3) is 0.222. The zero-order chi connectivity index (χ0) is 17.4. The van der Waals surface area contributed by atoms with Crippen molar-refractivity contribution in [3.05, 3.63) is 54.6 Å². The molecule has 0 heterocycles. The van der Waals surface area contributed by atoms with E-state index in [-0.39, 0.29) is 24.9 Å². The average Bonchev–Trinajstić information content (AvgIpc) is 2.56. The predicted octanol–water partition coefficient (Wildman–Crippen LogP) is 2.20. The molecule has 2 amide bonds. The minimum absolute atomic E-state index is 0.119. The molecule has 2 aromatic carbocycles. The topological polar surface area (TPSA) is 70.7 Å². The number of nitrogens with zero attached hydrogens (tertiary/aromatic N) is 1. The Morgan fingerprint density at radius 3 is 1.88 bits per heavy atom. The van der Waals surface area contributed by atoms with Crippen LogP contribution < -0.4 is 15.4 Å². The van der Waals surface area contributed by atoms with Crippen LogP contribution in [0.3, 0.4) is 0 Å². The molecule has 0 atom stereocenters. The van der Waals surface area contributed by atoms with Gasteiger partial charge in [-0.2, -0.15) is 0 Å². The van der Waals surface area contributed by atoms with Crippen LogP contribution in [0, 0.1) is 0 Å². The number of rotatable bonds is 7. The predicted molar refractivity (Wildman–Crippen MR) is 94.2 cm³/mol. The number of carbonyl (C=O) groups is 2. The summed E-state index contributed by atoms with van der Waals surface area (Å²) in [5.41, 5.74) is 1.42. The van der Waals surface area contributed by atoms with E-state index in [9.17, 15) is 9.59 Å². The Hall–Kier alpha value is -2.86. The first-order valence-electron chi connectivity index (χ1n) is 7.54. The molecule has 0 bridgehead atoms. The number of hydrogen-bond acceptors (Lipinski definition) is 4. The molecule has 0 spiro atoms. The molecule has 126 valence electrons. The van der Waals surface area contributed by atoms with Gasteiger partial charge in [-0.1, -0.05) is 18.2 Å². The van der Waals surface area contributed by atoms with E-state index in [1.807, 2.05) is 30.3 Å². The Morgan fingerprint density at radius 1 is 0.875 bits per heavy atom. The monoisotopic (exact) mass is 327 g/mol. The molecule has 0 radical (unpaired) electrons. The second-order valence-electron chi connectivity index (χ2n) is 5.36. The van der Waals surface area contributed by atoms with E-state index in [0.717, 1.165) is 11.4 Å². The van der Waals surface area contributed by atoms with E-state index < -0.39 is 0 Å². The van der Waals surface area contributed by atoms with E-state index in [0.29, 0.717) is 5.69 Å². The SMILES string of the molecule is COc1ccc(NC(=O)CN(C)CC(=O)Nc2ccccc2)cc1. The average molecular weight is 327 g/mol. The number of likely N-dealkylation sites (N-methyl/N-ethyl adjacent to an activating group) is 1. The number of hydrogen-bond donors (Lipinski definition) is 2. The van der Waals surface area contributed by atoms with Crippen LogP contribution in [0.2, 0.25) is 0 Å². The highest BCUT2D eigenvalue weighted by Crippen LogP contribution is 2.14. The molecule has 0 aliphatic heterocycles. The van der Waals surface area contributed by atoms with Crippen LogP contribution in [0.25, 0.3) is 0 Å². The summed E-state index contributed by atoms with van der Waals surface area (Å²) in [4.78, 5) is 25.6. The van der Waals surface area contributed by atoms with Crippen LogP contribution in [0.5, 0.6) is 5.75 Å². The third-order valence-electron chi connectivity index (χ3n) is 3.26. The maximum atomic E-state index is 12.0. The van der Waals surface area contributed by atoms with E-state index in [1.54, 1.807) is 43.3 Å². The highest BCUT2D eigenvalue weighted by molar-refractivity contribution is 5.94. The maximum absolute atomic E-state index is 12.0. The molecule has 2 N–H and O–H groups in total. The number of nitrogens with one attached hydrogen (secondary N) is 2. The van der Waals surface area contributed by atoms with Gasteiger partial charge in [-0.3, -0.25) is 14.5 Å². The van der Waals surface area contributed by atoms with E-state index >= 15 is 0 Å². The summed E-state index contributed by atoms with van der Waals surface area (Å²) in [7, 11) is 3.31. The summed E-state index contributed by atoms with van der Waals surface area (Å²) in [5, 5.41) is 5.56. The smallest absolute Gasteiger partial charge is 0.238 e. The number of methoxy groups -OCH3 is 1. The van der Waals surface area contributed by atoms with E-state index in [1.165, 1.54) is 0 Å². The van der Waals surface area contributed by atoms with Crippen molar-refractivity contribution in [2.75, 3.05) is 37.9 Å². The van der Waals surface area contributed by atoms with Crippen molar-refractivity contribution in [1.29, 1.82) is 0 Å². The zero-order valence-electron chi connectivity index (χ0n) is 13.8. The molecule has 6 nitrogen and oxygen atoms in total. The Morgan fingerprint density at radius 2 is 1.38 bits per heavy atom. The second kappa shape index (κ2) is 8.69. The number of benzene rings is 2. The van der Waals surface area contributed by atoms with Crippen molar-refractivity contribution < 1.29 is 14.3 Å². The Kier molecular flexibility index (Phi) is 6.33. The summed E-state index contributed by atoms with van der Waals surface area (Å²) in [6.45, 7) is 0.249. The molecular weight excluding hydrogens is 306 g/mol. The summed E-state index contributed by atoms with van der Waals surface area (Å²) in [6.07, 6.45) is 0. The minimum Gasteiger partial charge on any atom is -0.497 e. The van der Waals surface area contributed by atoms with Gasteiger partial charge in [-0.05, 0) is 43.4 Å². The second-order valence-corrected chi connectivity index (χ2v) is 5.36. The van der Waals surface area contributed by atoms with Gasteiger partial charge in [0.15, 0.2) is 0 Å². The molecule has 0 aliphatic carbocycles. The fourth-order valence-corrected chi connectivity index (χ4v) is 2.14. The molecule has 2 aromatic rings. The summed E-state index contributed by atoms with van der Waals surface area (Å²) in [5.74, 6) is 0.374. The van der Waals surface area contributed by atoms with Gasteiger partial charge in [0.05, 0.1) is 20.2 Å². The van der Waals surface area contributed by atoms with Gasteiger partial charge in [0.2, 0.25) is 11.8 Å². The van der Waals surface area contributed by atoms with E-state index in [2.05, 4.69) is 10.6 Å². The Bertz CT molecular complexity index is 672. The first kappa shape index (κ1) is 17.5. The van der Waals surface area contributed by atoms with Crippen LogP contribution in [-0.2, 0) is 9.59 Å². The Labute approximate surface area is 141 Å². The van der Waals surface area contributed by atoms with Gasteiger partial charge in [0.1, 0.15) is 5.75 Å². The maximum Gasteiger partial charge on any atom is 0.238 e. The van der Waals surface area contributed by atoms with Crippen LogP contribution in [0.15, 0.2) is 54.6 Å². The van der Waals surface area contributed by atoms with Gasteiger partial charge < -0.3 is 15.4 Å². The molecule has 0 aliphatic rings. The molecule has 2 rings (SSSR count). The zero-order valence-corrected chi connectivity index (χ0v) is 13.8. The standard InChI is InChI=1S/C18H21N3O3/c1-21(12-17(22)19-14-6-4-3-5-7-14)13-18(23)20-15-8-10-16(24-2)11-9-15/h3-11H,12-13H2,1-2H3,(H,19,22)(H,20,23). The largest absolute Gasteiger partial charge is 0.497 e. The van der Waals surface area contributed by atoms with Gasteiger partial charge in [-0.15, -0.1) is 0 Å². The highest BCUT2D eigenvalue weighted by atomic mass is 16.5. The minimum atomic E-state index is -0.185. The van der Waals surface area contributed by atoms with Crippen molar-refractivity contribution in [2.45, 2.75) is 0 Å². The van der Waals surface area contributed by atoms with Crippen LogP contribution >= 0.6 is 0 Å². The van der Waals surface area contributed by atoms with Crippen molar-refractivity contribution in [3.8, 4) is 5.75 Å². The van der Waals surface area contributed by atoms with Gasteiger partial charge in [0.25, 0.3) is 0 Å². The number of para-hydroxylation sites is 1. The van der Waals surface area contributed by atoms with E-state index in [4.69, 9.17) is 4.74 Å². The molecule has 0 unspecified atom stereocenters. The van der Waals surface area contributed by atoms with Gasteiger partial charge >= 0.3 is 0 Å². The number of ether oxygens (including phenoxy) is 1. The summed E-state index contributed by atoms with van der Waals surface area (Å²) < 4.78 is 5.07.